The summed E-state index contributed by atoms with van der Waals surface area (Å²) >= 11 is 0. The highest BCUT2D eigenvalue weighted by Gasteiger charge is 2.26. The molecule has 20 heavy (non-hydrogen) atoms. The maximum atomic E-state index is 13.7. The fourth-order valence-electron chi connectivity index (χ4n) is 2.05. The number of nitrogens with one attached hydrogen (secondary N) is 1. The lowest BCUT2D eigenvalue weighted by Crippen LogP contribution is -2.34. The molecule has 1 aromatic rings. The summed E-state index contributed by atoms with van der Waals surface area (Å²) in [4.78, 5) is 0. The Morgan fingerprint density at radius 3 is 2.65 bits per heavy atom. The van der Waals surface area contributed by atoms with E-state index in [1.165, 1.54) is 16.4 Å². The Labute approximate surface area is 116 Å². The molecule has 4 N–H and O–H groups in total. The van der Waals surface area contributed by atoms with Crippen LogP contribution < -0.4 is 10.5 Å². The van der Waals surface area contributed by atoms with Crippen LogP contribution in [0.3, 0.4) is 0 Å². The minimum atomic E-state index is -3.77. The maximum Gasteiger partial charge on any atom is 0.301 e. The molecule has 0 atom stereocenters. The monoisotopic (exact) mass is 302 g/mol. The molecule has 1 aromatic carbocycles. The van der Waals surface area contributed by atoms with Crippen LogP contribution in [0, 0.1) is 5.82 Å². The Hall–Kier alpha value is -1.87. The standard InChI is InChI=1S/C11H15FN4O3S/c12-8-4-3-5-9(10(8)11(13)14-17)15-20(18,19)16-6-1-2-7-16/h3-5,15,17H,1-2,6-7H2,(H2,13,14). The SMILES string of the molecule is N/C(=N/O)c1c(F)cccc1NS(=O)(=O)N1CCCC1. The Balaban J connectivity index is 2.36. The van der Waals surface area contributed by atoms with Crippen molar-refractivity contribution in [3.8, 4) is 0 Å². The average Bonchev–Trinajstić information content (AvgIpc) is 2.92. The third-order valence-electron chi connectivity index (χ3n) is 3.02. The van der Waals surface area contributed by atoms with Gasteiger partial charge in [-0.3, -0.25) is 4.72 Å². The lowest BCUT2D eigenvalue weighted by atomic mass is 10.1. The molecule has 110 valence electrons. The van der Waals surface area contributed by atoms with Crippen molar-refractivity contribution in [2.45, 2.75) is 12.8 Å². The van der Waals surface area contributed by atoms with Crippen molar-refractivity contribution in [2.24, 2.45) is 10.9 Å². The van der Waals surface area contributed by atoms with Crippen LogP contribution >= 0.6 is 0 Å². The predicted molar refractivity (Wildman–Crippen MR) is 72.3 cm³/mol. The first-order valence-corrected chi connectivity index (χ1v) is 7.44. The van der Waals surface area contributed by atoms with Gasteiger partial charge in [-0.15, -0.1) is 0 Å². The summed E-state index contributed by atoms with van der Waals surface area (Å²) in [6.07, 6.45) is 1.58. The number of hydrogen-bond donors (Lipinski definition) is 3. The maximum absolute atomic E-state index is 13.7. The second-order valence-electron chi connectivity index (χ2n) is 4.36. The van der Waals surface area contributed by atoms with Crippen LogP contribution in [0.5, 0.6) is 0 Å². The molecular weight excluding hydrogens is 287 g/mol. The molecule has 2 rings (SSSR count). The second kappa shape index (κ2) is 5.63. The van der Waals surface area contributed by atoms with Crippen molar-refractivity contribution in [1.82, 2.24) is 4.31 Å². The van der Waals surface area contributed by atoms with Gasteiger partial charge in [0.05, 0.1) is 11.3 Å². The Morgan fingerprint density at radius 1 is 1.40 bits per heavy atom. The second-order valence-corrected chi connectivity index (χ2v) is 6.03. The number of nitrogens with two attached hydrogens (primary N) is 1. The molecular formula is C11H15FN4O3S. The van der Waals surface area contributed by atoms with Gasteiger partial charge >= 0.3 is 10.2 Å². The van der Waals surface area contributed by atoms with Crippen LogP contribution in [0.1, 0.15) is 18.4 Å². The van der Waals surface area contributed by atoms with Crippen molar-refractivity contribution in [2.75, 3.05) is 17.8 Å². The summed E-state index contributed by atoms with van der Waals surface area (Å²) in [5.74, 6) is -1.27. The highest BCUT2D eigenvalue weighted by atomic mass is 32.2. The molecule has 0 amide bonds. The van der Waals surface area contributed by atoms with Gasteiger partial charge in [0.1, 0.15) is 5.82 Å². The van der Waals surface area contributed by atoms with Crippen LogP contribution in [0.25, 0.3) is 0 Å². The van der Waals surface area contributed by atoms with E-state index in [1.54, 1.807) is 0 Å². The minimum absolute atomic E-state index is 0.0628. The number of benzene rings is 1. The number of oxime groups is 1. The fourth-order valence-corrected chi connectivity index (χ4v) is 3.37. The highest BCUT2D eigenvalue weighted by molar-refractivity contribution is 7.90. The van der Waals surface area contributed by atoms with Crippen molar-refractivity contribution in [3.63, 3.8) is 0 Å². The van der Waals surface area contributed by atoms with Crippen molar-refractivity contribution >= 4 is 21.7 Å². The Bertz CT molecular complexity index is 627. The molecule has 1 aliphatic rings. The third kappa shape index (κ3) is 2.83. The van der Waals surface area contributed by atoms with Gasteiger partial charge in [-0.2, -0.15) is 12.7 Å². The van der Waals surface area contributed by atoms with E-state index in [2.05, 4.69) is 9.88 Å². The first-order chi connectivity index (χ1) is 9.45. The van der Waals surface area contributed by atoms with Gasteiger partial charge < -0.3 is 10.9 Å². The number of amidine groups is 1. The van der Waals surface area contributed by atoms with Crippen LogP contribution in [-0.4, -0.2) is 36.9 Å². The Morgan fingerprint density at radius 2 is 2.05 bits per heavy atom. The smallest absolute Gasteiger partial charge is 0.301 e. The predicted octanol–water partition coefficient (Wildman–Crippen LogP) is 0.673. The molecule has 0 bridgehead atoms. The van der Waals surface area contributed by atoms with Crippen molar-refractivity contribution in [1.29, 1.82) is 0 Å². The number of halogens is 1. The van der Waals surface area contributed by atoms with Crippen LogP contribution in [0.2, 0.25) is 0 Å². The molecule has 7 nitrogen and oxygen atoms in total. The molecule has 0 saturated carbocycles. The first kappa shape index (κ1) is 14.5. The van der Waals surface area contributed by atoms with E-state index >= 15 is 0 Å². The van der Waals surface area contributed by atoms with E-state index in [9.17, 15) is 12.8 Å². The Kier molecular flexibility index (Phi) is 4.09. The van der Waals surface area contributed by atoms with Crippen molar-refractivity contribution in [3.05, 3.63) is 29.6 Å². The average molecular weight is 302 g/mol. The zero-order valence-electron chi connectivity index (χ0n) is 10.6. The van der Waals surface area contributed by atoms with Crippen LogP contribution in [0.15, 0.2) is 23.4 Å². The van der Waals surface area contributed by atoms with Crippen LogP contribution in [0.4, 0.5) is 10.1 Å². The topological polar surface area (TPSA) is 108 Å². The van der Waals surface area contributed by atoms with Crippen LogP contribution in [-0.2, 0) is 10.2 Å². The van der Waals surface area contributed by atoms with Crippen molar-refractivity contribution < 1.29 is 18.0 Å². The van der Waals surface area contributed by atoms with Gasteiger partial charge in [0, 0.05) is 13.1 Å². The summed E-state index contributed by atoms with van der Waals surface area (Å²) < 4.78 is 41.5. The molecule has 0 spiro atoms. The largest absolute Gasteiger partial charge is 0.409 e. The minimum Gasteiger partial charge on any atom is -0.409 e. The van der Waals surface area contributed by atoms with E-state index in [0.29, 0.717) is 13.1 Å². The summed E-state index contributed by atoms with van der Waals surface area (Å²) in [6.45, 7) is 0.840. The quantitative estimate of drug-likeness (QED) is 0.329. The molecule has 1 heterocycles. The van der Waals surface area contributed by atoms with E-state index in [0.717, 1.165) is 18.9 Å². The highest BCUT2D eigenvalue weighted by Crippen LogP contribution is 2.22. The van der Waals surface area contributed by atoms with Gasteiger partial charge in [0.15, 0.2) is 5.84 Å². The zero-order valence-corrected chi connectivity index (χ0v) is 11.4. The number of nitrogens with zero attached hydrogens (tertiary/aromatic N) is 2. The molecule has 9 heteroatoms. The number of anilines is 1. The van der Waals surface area contributed by atoms with Gasteiger partial charge in [0.2, 0.25) is 0 Å². The van der Waals surface area contributed by atoms with Gasteiger partial charge in [-0.1, -0.05) is 11.2 Å². The van der Waals surface area contributed by atoms with E-state index in [1.807, 2.05) is 0 Å². The number of rotatable bonds is 4. The first-order valence-electron chi connectivity index (χ1n) is 6.00. The molecule has 0 radical (unpaired) electrons. The molecule has 1 aliphatic heterocycles. The molecule has 0 aromatic heterocycles. The molecule has 1 fully saturated rings. The summed E-state index contributed by atoms with van der Waals surface area (Å²) in [7, 11) is -3.77. The molecule has 0 unspecified atom stereocenters. The third-order valence-corrected chi connectivity index (χ3v) is 4.54. The van der Waals surface area contributed by atoms with Gasteiger partial charge in [-0.05, 0) is 25.0 Å². The summed E-state index contributed by atoms with van der Waals surface area (Å²) in [6, 6.07) is 3.79. The summed E-state index contributed by atoms with van der Waals surface area (Å²) in [5, 5.41) is 11.4. The van der Waals surface area contributed by atoms with E-state index in [-0.39, 0.29) is 11.3 Å². The molecule has 1 saturated heterocycles. The van der Waals surface area contributed by atoms with Gasteiger partial charge in [0.25, 0.3) is 0 Å². The lowest BCUT2D eigenvalue weighted by molar-refractivity contribution is 0.318. The summed E-state index contributed by atoms with van der Waals surface area (Å²) in [5.41, 5.74) is 5.04. The van der Waals surface area contributed by atoms with Gasteiger partial charge in [-0.25, -0.2) is 4.39 Å². The molecule has 0 aliphatic carbocycles. The normalized spacial score (nSPS) is 17.4. The zero-order chi connectivity index (χ0) is 14.8. The fraction of sp³-hybridized carbons (Fsp3) is 0.364. The lowest BCUT2D eigenvalue weighted by Gasteiger charge is -2.18. The number of hydrogen-bond acceptors (Lipinski definition) is 4. The van der Waals surface area contributed by atoms with E-state index in [4.69, 9.17) is 10.9 Å². The van der Waals surface area contributed by atoms with E-state index < -0.39 is 21.9 Å².